The third-order valence-corrected chi connectivity index (χ3v) is 4.63. The van der Waals surface area contributed by atoms with Gasteiger partial charge in [-0.05, 0) is 48.1 Å². The summed E-state index contributed by atoms with van der Waals surface area (Å²) in [5, 5.41) is 3.94. The average molecular weight is 336 g/mol. The summed E-state index contributed by atoms with van der Waals surface area (Å²) in [5.41, 5.74) is 3.80. The number of hydrogen-bond acceptors (Lipinski definition) is 4. The molecule has 0 atom stereocenters. The van der Waals surface area contributed by atoms with E-state index in [4.69, 9.17) is 8.94 Å². The van der Waals surface area contributed by atoms with E-state index in [0.717, 1.165) is 18.5 Å². The lowest BCUT2D eigenvalue weighted by molar-refractivity contribution is 0.0976. The molecule has 3 heterocycles. The number of benzene rings is 1. The van der Waals surface area contributed by atoms with Crippen LogP contribution in [-0.4, -0.2) is 17.6 Å². The highest BCUT2D eigenvalue weighted by atomic mass is 16.5. The molecule has 0 aliphatic carbocycles. The molecule has 128 valence electrons. The lowest BCUT2D eigenvalue weighted by Crippen LogP contribution is -2.35. The molecule has 5 nitrogen and oxygen atoms in total. The van der Waals surface area contributed by atoms with E-state index in [1.165, 1.54) is 11.1 Å². The number of aromatic nitrogens is 1. The molecule has 0 fully saturated rings. The molecule has 1 amide bonds. The molecular formula is C20H20N2O3. The zero-order chi connectivity index (χ0) is 17.4. The van der Waals surface area contributed by atoms with Gasteiger partial charge in [-0.3, -0.25) is 4.79 Å². The minimum Gasteiger partial charge on any atom is -0.461 e. The minimum atomic E-state index is -0.139. The van der Waals surface area contributed by atoms with E-state index >= 15 is 0 Å². The first-order valence-corrected chi connectivity index (χ1v) is 8.59. The van der Waals surface area contributed by atoms with E-state index in [1.807, 2.05) is 0 Å². The number of fused-ring (bicyclic) bond motifs is 1. The summed E-state index contributed by atoms with van der Waals surface area (Å²) < 4.78 is 10.6. The first-order chi connectivity index (χ1) is 12.1. The Morgan fingerprint density at radius 1 is 1.20 bits per heavy atom. The number of amides is 1. The first-order valence-electron chi connectivity index (χ1n) is 8.59. The maximum atomic E-state index is 12.9. The molecule has 0 radical (unpaired) electrons. The molecule has 0 saturated carbocycles. The van der Waals surface area contributed by atoms with Crippen molar-refractivity contribution in [1.29, 1.82) is 0 Å². The summed E-state index contributed by atoms with van der Waals surface area (Å²) in [6.45, 7) is 5.05. The lowest BCUT2D eigenvalue weighted by Gasteiger charge is -2.29. The van der Waals surface area contributed by atoms with Gasteiger partial charge in [-0.1, -0.05) is 31.1 Å². The predicted molar refractivity (Wildman–Crippen MR) is 94.7 cm³/mol. The number of anilines is 1. The van der Waals surface area contributed by atoms with Crippen molar-refractivity contribution in [3.8, 4) is 11.5 Å². The molecular weight excluding hydrogens is 316 g/mol. The van der Waals surface area contributed by atoms with Gasteiger partial charge in [0.2, 0.25) is 5.76 Å². The van der Waals surface area contributed by atoms with Gasteiger partial charge >= 0.3 is 0 Å². The zero-order valence-corrected chi connectivity index (χ0v) is 14.4. The Balaban J connectivity index is 1.64. The SMILES string of the molecule is CC(C)c1ccc2c(c1)CCCN2C(=O)c1cc(-c2ccco2)on1. The summed E-state index contributed by atoms with van der Waals surface area (Å²) in [6, 6.07) is 11.6. The van der Waals surface area contributed by atoms with Crippen LogP contribution in [0.2, 0.25) is 0 Å². The third-order valence-electron chi connectivity index (χ3n) is 4.63. The van der Waals surface area contributed by atoms with Crippen molar-refractivity contribution in [2.75, 3.05) is 11.4 Å². The molecule has 5 heteroatoms. The topological polar surface area (TPSA) is 59.5 Å². The van der Waals surface area contributed by atoms with Crippen molar-refractivity contribution < 1.29 is 13.7 Å². The Morgan fingerprint density at radius 3 is 2.84 bits per heavy atom. The second kappa shape index (κ2) is 6.24. The molecule has 1 aromatic carbocycles. The fourth-order valence-electron chi connectivity index (χ4n) is 3.24. The van der Waals surface area contributed by atoms with E-state index in [2.05, 4.69) is 37.2 Å². The largest absolute Gasteiger partial charge is 0.461 e. The Labute approximate surface area is 146 Å². The van der Waals surface area contributed by atoms with Gasteiger partial charge in [-0.25, -0.2) is 0 Å². The smallest absolute Gasteiger partial charge is 0.280 e. The fraction of sp³-hybridized carbons (Fsp3) is 0.300. The number of hydrogen-bond donors (Lipinski definition) is 0. The van der Waals surface area contributed by atoms with Crippen molar-refractivity contribution >= 4 is 11.6 Å². The molecule has 1 aliphatic heterocycles. The first kappa shape index (κ1) is 15.7. The summed E-state index contributed by atoms with van der Waals surface area (Å²) >= 11 is 0. The van der Waals surface area contributed by atoms with Gasteiger partial charge in [-0.2, -0.15) is 0 Å². The lowest BCUT2D eigenvalue weighted by atomic mass is 9.94. The number of nitrogens with zero attached hydrogens (tertiary/aromatic N) is 2. The molecule has 0 bridgehead atoms. The van der Waals surface area contributed by atoms with Crippen molar-refractivity contribution in [2.45, 2.75) is 32.6 Å². The highest BCUT2D eigenvalue weighted by Crippen LogP contribution is 2.31. The molecule has 1 aliphatic rings. The van der Waals surface area contributed by atoms with Gasteiger partial charge in [0.25, 0.3) is 5.91 Å². The maximum Gasteiger partial charge on any atom is 0.280 e. The molecule has 3 aromatic rings. The van der Waals surface area contributed by atoms with Gasteiger partial charge in [0.15, 0.2) is 11.5 Å². The third kappa shape index (κ3) is 2.86. The van der Waals surface area contributed by atoms with Crippen LogP contribution in [0.4, 0.5) is 5.69 Å². The van der Waals surface area contributed by atoms with Gasteiger partial charge in [0, 0.05) is 18.3 Å². The van der Waals surface area contributed by atoms with Crippen LogP contribution < -0.4 is 4.90 Å². The van der Waals surface area contributed by atoms with Crippen LogP contribution in [0.25, 0.3) is 11.5 Å². The normalized spacial score (nSPS) is 14.0. The highest BCUT2D eigenvalue weighted by molar-refractivity contribution is 6.05. The van der Waals surface area contributed by atoms with Crippen LogP contribution in [0.5, 0.6) is 0 Å². The van der Waals surface area contributed by atoms with E-state index < -0.39 is 0 Å². The minimum absolute atomic E-state index is 0.139. The highest BCUT2D eigenvalue weighted by Gasteiger charge is 2.26. The maximum absolute atomic E-state index is 12.9. The summed E-state index contributed by atoms with van der Waals surface area (Å²) in [7, 11) is 0. The number of aryl methyl sites for hydroxylation is 1. The number of carbonyl (C=O) groups is 1. The van der Waals surface area contributed by atoms with Crippen LogP contribution in [0.1, 0.15) is 47.8 Å². The second-order valence-electron chi connectivity index (χ2n) is 6.66. The Bertz CT molecular complexity index is 894. The van der Waals surface area contributed by atoms with Gasteiger partial charge in [0.05, 0.1) is 6.26 Å². The monoisotopic (exact) mass is 336 g/mol. The van der Waals surface area contributed by atoms with Crippen LogP contribution >= 0.6 is 0 Å². The average Bonchev–Trinajstić information content (AvgIpc) is 3.31. The molecule has 4 rings (SSSR count). The second-order valence-corrected chi connectivity index (χ2v) is 6.66. The van der Waals surface area contributed by atoms with E-state index in [0.29, 0.717) is 29.7 Å². The van der Waals surface area contributed by atoms with Crippen LogP contribution in [0, 0.1) is 0 Å². The van der Waals surface area contributed by atoms with Crippen LogP contribution in [-0.2, 0) is 6.42 Å². The standard InChI is InChI=1S/C20H20N2O3/c1-13(2)14-7-8-17-15(11-14)5-3-9-22(17)20(23)16-12-19(25-21-16)18-6-4-10-24-18/h4,6-8,10-13H,3,5,9H2,1-2H3. The van der Waals surface area contributed by atoms with E-state index in [-0.39, 0.29) is 5.91 Å². The number of furan rings is 1. The molecule has 0 N–H and O–H groups in total. The fourth-order valence-corrected chi connectivity index (χ4v) is 3.24. The molecule has 0 spiro atoms. The van der Waals surface area contributed by atoms with Crippen molar-refractivity contribution in [2.24, 2.45) is 0 Å². The van der Waals surface area contributed by atoms with Crippen molar-refractivity contribution in [3.63, 3.8) is 0 Å². The van der Waals surface area contributed by atoms with Crippen molar-refractivity contribution in [1.82, 2.24) is 5.16 Å². The van der Waals surface area contributed by atoms with Gasteiger partial charge in [-0.15, -0.1) is 0 Å². The molecule has 0 saturated heterocycles. The number of carbonyl (C=O) groups excluding carboxylic acids is 1. The van der Waals surface area contributed by atoms with Crippen LogP contribution in [0.3, 0.4) is 0 Å². The summed E-state index contributed by atoms with van der Waals surface area (Å²) in [6.07, 6.45) is 3.51. The quantitative estimate of drug-likeness (QED) is 0.698. The van der Waals surface area contributed by atoms with Gasteiger partial charge in [0.1, 0.15) is 0 Å². The van der Waals surface area contributed by atoms with Gasteiger partial charge < -0.3 is 13.8 Å². The molecule has 25 heavy (non-hydrogen) atoms. The van der Waals surface area contributed by atoms with E-state index in [1.54, 1.807) is 29.4 Å². The Kier molecular flexibility index (Phi) is 3.92. The Morgan fingerprint density at radius 2 is 2.08 bits per heavy atom. The molecule has 2 aromatic heterocycles. The van der Waals surface area contributed by atoms with Crippen molar-refractivity contribution in [3.05, 3.63) is 59.5 Å². The zero-order valence-electron chi connectivity index (χ0n) is 14.4. The molecule has 0 unspecified atom stereocenters. The van der Waals surface area contributed by atoms with E-state index in [9.17, 15) is 4.79 Å². The summed E-state index contributed by atoms with van der Waals surface area (Å²) in [5.74, 6) is 1.36. The summed E-state index contributed by atoms with van der Waals surface area (Å²) in [4.78, 5) is 14.7. The van der Waals surface area contributed by atoms with Crippen LogP contribution in [0.15, 0.2) is 51.6 Å². The Hall–Kier alpha value is -2.82. The predicted octanol–water partition coefficient (Wildman–Crippen LogP) is 4.65. The number of rotatable bonds is 3.